The van der Waals surface area contributed by atoms with E-state index in [1.165, 1.54) is 48.5 Å². The smallest absolute Gasteiger partial charge is 0.411 e. The van der Waals surface area contributed by atoms with Gasteiger partial charge in [-0.25, -0.2) is 0 Å². The third-order valence-corrected chi connectivity index (χ3v) is 7.32. The summed E-state index contributed by atoms with van der Waals surface area (Å²) in [6, 6.07) is 14.4. The van der Waals surface area contributed by atoms with E-state index in [1.807, 2.05) is 0 Å². The number of rotatable bonds is 8. The van der Waals surface area contributed by atoms with Crippen molar-refractivity contribution in [3.05, 3.63) is 128 Å². The number of ketones is 2. The highest BCUT2D eigenvalue weighted by atomic mass is 35.5. The second-order valence-electron chi connectivity index (χ2n) is 9.25. The molecule has 224 valence electrons. The number of benzene rings is 4. The lowest BCUT2D eigenvalue weighted by molar-refractivity contribution is -0.288. The third-order valence-electron chi connectivity index (χ3n) is 6.82. The summed E-state index contributed by atoms with van der Waals surface area (Å²) in [7, 11) is 2.24. The van der Waals surface area contributed by atoms with Crippen LogP contribution >= 0.6 is 23.2 Å². The largest absolute Gasteiger partial charge is 0.496 e. The molecule has 0 atom stereocenters. The molecule has 12 heteroatoms. The number of methoxy groups -OCH3 is 2. The summed E-state index contributed by atoms with van der Waals surface area (Å²) in [5, 5.41) is 0.516. The van der Waals surface area contributed by atoms with E-state index in [0.717, 1.165) is 26.4 Å². The first kappa shape index (κ1) is 31.9. The average Bonchev–Trinajstić information content (AvgIpc) is 2.96. The van der Waals surface area contributed by atoms with Crippen molar-refractivity contribution in [3.8, 4) is 11.5 Å². The minimum atomic E-state index is -6.00. The molecule has 4 rings (SSSR count). The van der Waals surface area contributed by atoms with Crippen LogP contribution in [0.15, 0.2) is 84.9 Å². The van der Waals surface area contributed by atoms with Crippen LogP contribution < -0.4 is 9.47 Å². The fraction of sp³-hybridized carbons (Fsp3) is 0.161. The maximum atomic E-state index is 15.0. The molecule has 0 radical (unpaired) electrons. The summed E-state index contributed by atoms with van der Waals surface area (Å²) in [4.78, 5) is 26.6. The monoisotopic (exact) mass is 640 g/mol. The van der Waals surface area contributed by atoms with E-state index < -0.39 is 51.6 Å². The summed E-state index contributed by atoms with van der Waals surface area (Å²) in [6.07, 6.45) is -12.0. The van der Waals surface area contributed by atoms with Crippen LogP contribution in [-0.4, -0.2) is 38.1 Å². The average molecular weight is 641 g/mol. The molecule has 0 N–H and O–H groups in total. The zero-order valence-corrected chi connectivity index (χ0v) is 23.8. The molecule has 4 aromatic rings. The van der Waals surface area contributed by atoms with Crippen molar-refractivity contribution in [2.24, 2.45) is 0 Å². The first-order valence-corrected chi connectivity index (χ1v) is 13.0. The first-order valence-electron chi connectivity index (χ1n) is 12.3. The Kier molecular flexibility index (Phi) is 8.85. The molecule has 0 bridgehead atoms. The highest BCUT2D eigenvalue weighted by Crippen LogP contribution is 2.57. The van der Waals surface area contributed by atoms with Gasteiger partial charge in [0.15, 0.2) is 11.6 Å². The van der Waals surface area contributed by atoms with Gasteiger partial charge >= 0.3 is 12.4 Å². The van der Waals surface area contributed by atoms with Crippen LogP contribution in [0.3, 0.4) is 0 Å². The summed E-state index contributed by atoms with van der Waals surface area (Å²) in [6.45, 7) is 0. The summed E-state index contributed by atoms with van der Waals surface area (Å²) < 4.78 is 100. The van der Waals surface area contributed by atoms with Gasteiger partial charge in [-0.05, 0) is 83.9 Å². The maximum Gasteiger partial charge on any atom is 0.411 e. The number of alkyl halides is 6. The van der Waals surface area contributed by atoms with E-state index in [0.29, 0.717) is 24.3 Å². The Morgan fingerprint density at radius 2 is 0.884 bits per heavy atom. The molecular weight excluding hydrogens is 621 g/mol. The van der Waals surface area contributed by atoms with Crippen molar-refractivity contribution < 1.29 is 45.4 Å². The lowest BCUT2D eigenvalue weighted by atomic mass is 9.71. The van der Waals surface area contributed by atoms with E-state index in [-0.39, 0.29) is 32.7 Å². The van der Waals surface area contributed by atoms with Crippen molar-refractivity contribution in [1.82, 2.24) is 0 Å². The standard InChI is InChI=1S/C31H20Cl2F6O4/c1-42-25-13-7-19(15-23(25)27(40)17-3-9-21(32)10-4-17)29(30(34,35)36,31(37,38)39)20-8-14-26(43-2)24(16-20)28(41)18-5-11-22(33)12-6-18/h3-16H,1-2H3. The Morgan fingerprint density at radius 1 is 0.558 bits per heavy atom. The number of carbonyl (C=O) groups is 2. The van der Waals surface area contributed by atoms with Gasteiger partial charge < -0.3 is 9.47 Å². The van der Waals surface area contributed by atoms with E-state index in [2.05, 4.69) is 0 Å². The van der Waals surface area contributed by atoms with Gasteiger partial charge in [-0.2, -0.15) is 26.3 Å². The van der Waals surface area contributed by atoms with Gasteiger partial charge in [0, 0.05) is 21.2 Å². The molecule has 0 heterocycles. The molecule has 0 aliphatic heterocycles. The molecule has 4 nitrogen and oxygen atoms in total. The fourth-order valence-corrected chi connectivity index (χ4v) is 4.98. The van der Waals surface area contributed by atoms with Gasteiger partial charge in [-0.3, -0.25) is 9.59 Å². The lowest BCUT2D eigenvalue weighted by Crippen LogP contribution is -2.55. The molecule has 4 aromatic carbocycles. The molecule has 0 unspecified atom stereocenters. The Labute approximate surface area is 251 Å². The van der Waals surface area contributed by atoms with Gasteiger partial charge in [-0.1, -0.05) is 35.3 Å². The van der Waals surface area contributed by atoms with Gasteiger partial charge in [0.05, 0.1) is 25.3 Å². The second kappa shape index (κ2) is 11.9. The fourth-order valence-electron chi connectivity index (χ4n) is 4.73. The molecule has 0 saturated carbocycles. The summed E-state index contributed by atoms with van der Waals surface area (Å²) in [5.41, 5.74) is -8.52. The Balaban J connectivity index is 2.02. The number of hydrogen-bond acceptors (Lipinski definition) is 4. The first-order chi connectivity index (χ1) is 20.1. The number of ether oxygens (including phenoxy) is 2. The maximum absolute atomic E-state index is 15.0. The van der Waals surface area contributed by atoms with Crippen LogP contribution in [-0.2, 0) is 5.41 Å². The van der Waals surface area contributed by atoms with Crippen molar-refractivity contribution in [1.29, 1.82) is 0 Å². The number of hydrogen-bond donors (Lipinski definition) is 0. The number of carbonyl (C=O) groups excluding carboxylic acids is 2. The van der Waals surface area contributed by atoms with Gasteiger partial charge in [-0.15, -0.1) is 0 Å². The highest BCUT2D eigenvalue weighted by molar-refractivity contribution is 6.31. The van der Waals surface area contributed by atoms with Gasteiger partial charge in [0.25, 0.3) is 0 Å². The lowest BCUT2D eigenvalue weighted by Gasteiger charge is -2.38. The van der Waals surface area contributed by atoms with Crippen LogP contribution in [0.1, 0.15) is 43.0 Å². The van der Waals surface area contributed by atoms with Crippen molar-refractivity contribution in [3.63, 3.8) is 0 Å². The Bertz CT molecular complexity index is 1540. The van der Waals surface area contributed by atoms with Crippen LogP contribution in [0.25, 0.3) is 0 Å². The molecule has 0 spiro atoms. The third kappa shape index (κ3) is 5.81. The molecule has 0 amide bonds. The SMILES string of the molecule is COc1ccc(C(c2ccc(OC)c(C(=O)c3ccc(Cl)cc3)c2)(C(F)(F)F)C(F)(F)F)cc1C(=O)c1ccc(Cl)cc1. The normalized spacial score (nSPS) is 12.1. The molecular formula is C31H20Cl2F6O4. The zero-order valence-electron chi connectivity index (χ0n) is 22.2. The summed E-state index contributed by atoms with van der Waals surface area (Å²) in [5.74, 6) is -2.31. The molecule has 43 heavy (non-hydrogen) atoms. The predicted molar refractivity (Wildman–Crippen MR) is 149 cm³/mol. The zero-order chi connectivity index (χ0) is 31.7. The molecule has 0 saturated heterocycles. The molecule has 0 fully saturated rings. The van der Waals surface area contributed by atoms with E-state index in [4.69, 9.17) is 32.7 Å². The van der Waals surface area contributed by atoms with Crippen molar-refractivity contribution in [2.45, 2.75) is 17.8 Å². The van der Waals surface area contributed by atoms with Crippen LogP contribution in [0.2, 0.25) is 10.0 Å². The predicted octanol–water partition coefficient (Wildman–Crippen LogP) is 8.88. The summed E-state index contributed by atoms with van der Waals surface area (Å²) >= 11 is 11.7. The van der Waals surface area contributed by atoms with Crippen molar-refractivity contribution in [2.75, 3.05) is 14.2 Å². The van der Waals surface area contributed by atoms with E-state index >= 15 is 26.3 Å². The van der Waals surface area contributed by atoms with Crippen LogP contribution in [0.5, 0.6) is 11.5 Å². The van der Waals surface area contributed by atoms with Gasteiger partial charge in [0.1, 0.15) is 11.5 Å². The van der Waals surface area contributed by atoms with Crippen LogP contribution in [0.4, 0.5) is 26.3 Å². The topological polar surface area (TPSA) is 52.6 Å². The van der Waals surface area contributed by atoms with E-state index in [1.54, 1.807) is 0 Å². The van der Waals surface area contributed by atoms with Gasteiger partial charge in [0.2, 0.25) is 5.41 Å². The molecule has 0 aromatic heterocycles. The Hall–Kier alpha value is -4.02. The Morgan fingerprint density at radius 3 is 1.16 bits per heavy atom. The minimum absolute atomic E-state index is 0.0511. The highest BCUT2D eigenvalue weighted by Gasteiger charge is 2.72. The van der Waals surface area contributed by atoms with Crippen molar-refractivity contribution >= 4 is 34.8 Å². The molecule has 0 aliphatic carbocycles. The number of halogens is 8. The van der Waals surface area contributed by atoms with Crippen LogP contribution in [0, 0.1) is 0 Å². The minimum Gasteiger partial charge on any atom is -0.496 e. The molecule has 0 aliphatic rings. The second-order valence-corrected chi connectivity index (χ2v) is 10.1. The van der Waals surface area contributed by atoms with E-state index in [9.17, 15) is 9.59 Å². The quantitative estimate of drug-likeness (QED) is 0.143.